The topological polar surface area (TPSA) is 24.5 Å². The Labute approximate surface area is 123 Å². The molecule has 0 saturated carbocycles. The standard InChI is InChI=1S/C14H17ClN2OS/c1-3-17-13(19)16-11-7-14(17,2)18-12-5-4-9(8-15)6-10(11)12/h4-6,11H,3,7-8H2,1-2H3,(H,16,19). The Kier molecular flexibility index (Phi) is 3.10. The van der Waals surface area contributed by atoms with Crippen LogP contribution in [0.15, 0.2) is 18.2 Å². The van der Waals surface area contributed by atoms with Gasteiger partial charge in [0.2, 0.25) is 0 Å². The fourth-order valence-electron chi connectivity index (χ4n) is 3.03. The maximum Gasteiger partial charge on any atom is 0.184 e. The van der Waals surface area contributed by atoms with Crippen LogP contribution in [0, 0.1) is 0 Å². The lowest BCUT2D eigenvalue weighted by Gasteiger charge is -2.52. The van der Waals surface area contributed by atoms with Crippen molar-refractivity contribution in [1.82, 2.24) is 10.2 Å². The molecule has 2 unspecified atom stereocenters. The lowest BCUT2D eigenvalue weighted by atomic mass is 9.90. The highest BCUT2D eigenvalue weighted by atomic mass is 35.5. The van der Waals surface area contributed by atoms with Crippen LogP contribution < -0.4 is 10.1 Å². The Bertz CT molecular complexity index is 536. The van der Waals surface area contributed by atoms with Crippen molar-refractivity contribution in [2.24, 2.45) is 0 Å². The first kappa shape index (κ1) is 13.0. The van der Waals surface area contributed by atoms with E-state index in [1.807, 2.05) is 12.1 Å². The normalized spacial score (nSPS) is 28.5. The van der Waals surface area contributed by atoms with E-state index >= 15 is 0 Å². The number of hydrogen-bond acceptors (Lipinski definition) is 2. The van der Waals surface area contributed by atoms with E-state index in [1.165, 1.54) is 0 Å². The first-order chi connectivity index (χ1) is 9.07. The summed E-state index contributed by atoms with van der Waals surface area (Å²) < 4.78 is 6.22. The van der Waals surface area contributed by atoms with Crippen molar-refractivity contribution in [1.29, 1.82) is 0 Å². The Balaban J connectivity index is 2.05. The van der Waals surface area contributed by atoms with E-state index in [1.54, 1.807) is 0 Å². The zero-order chi connectivity index (χ0) is 13.6. The summed E-state index contributed by atoms with van der Waals surface area (Å²) in [7, 11) is 0. The number of nitrogens with one attached hydrogen (secondary N) is 1. The fraction of sp³-hybridized carbons (Fsp3) is 0.500. The van der Waals surface area contributed by atoms with Crippen molar-refractivity contribution in [2.75, 3.05) is 6.54 Å². The van der Waals surface area contributed by atoms with Crippen LogP contribution in [0.2, 0.25) is 0 Å². The molecule has 1 saturated heterocycles. The number of rotatable bonds is 2. The predicted octanol–water partition coefficient (Wildman–Crippen LogP) is 3.18. The second kappa shape index (κ2) is 4.53. The van der Waals surface area contributed by atoms with Crippen molar-refractivity contribution in [3.63, 3.8) is 0 Å². The molecule has 3 nitrogen and oxygen atoms in total. The maximum atomic E-state index is 6.22. The summed E-state index contributed by atoms with van der Waals surface area (Å²) in [5.74, 6) is 1.45. The Hall–Kier alpha value is -1.00. The summed E-state index contributed by atoms with van der Waals surface area (Å²) in [6.07, 6.45) is 0.889. The number of fused-ring (bicyclic) bond motifs is 4. The summed E-state index contributed by atoms with van der Waals surface area (Å²) in [5, 5.41) is 4.18. The third-order valence-electron chi connectivity index (χ3n) is 3.95. The van der Waals surface area contributed by atoms with Crippen LogP contribution in [0.1, 0.15) is 37.4 Å². The van der Waals surface area contributed by atoms with Crippen LogP contribution in [0.25, 0.3) is 0 Å². The molecule has 0 amide bonds. The number of thiocarbonyl (C=S) groups is 1. The molecule has 0 aromatic heterocycles. The van der Waals surface area contributed by atoms with Crippen molar-refractivity contribution in [3.8, 4) is 5.75 Å². The van der Waals surface area contributed by atoms with Crippen molar-refractivity contribution in [2.45, 2.75) is 37.9 Å². The summed E-state index contributed by atoms with van der Waals surface area (Å²) in [6.45, 7) is 5.04. The molecular formula is C14H17ClN2OS. The van der Waals surface area contributed by atoms with Crippen LogP contribution in [0.5, 0.6) is 5.75 Å². The lowest BCUT2D eigenvalue weighted by Crippen LogP contribution is -2.64. The molecule has 0 aliphatic carbocycles. The van der Waals surface area contributed by atoms with E-state index in [9.17, 15) is 0 Å². The number of hydrogen-bond donors (Lipinski definition) is 1. The first-order valence-electron chi connectivity index (χ1n) is 6.53. The van der Waals surface area contributed by atoms with Gasteiger partial charge < -0.3 is 15.0 Å². The molecule has 2 aliphatic rings. The van der Waals surface area contributed by atoms with E-state index in [4.69, 9.17) is 28.6 Å². The van der Waals surface area contributed by atoms with E-state index in [-0.39, 0.29) is 11.8 Å². The van der Waals surface area contributed by atoms with Gasteiger partial charge in [-0.1, -0.05) is 6.07 Å². The highest BCUT2D eigenvalue weighted by Crippen LogP contribution is 2.44. The van der Waals surface area contributed by atoms with Crippen LogP contribution in [-0.2, 0) is 5.88 Å². The minimum absolute atomic E-state index is 0.215. The van der Waals surface area contributed by atoms with Gasteiger partial charge >= 0.3 is 0 Å². The zero-order valence-corrected chi connectivity index (χ0v) is 12.6. The average Bonchev–Trinajstić information content (AvgIpc) is 2.38. The Morgan fingerprint density at radius 1 is 1.58 bits per heavy atom. The minimum atomic E-state index is -0.350. The third kappa shape index (κ3) is 1.98. The lowest BCUT2D eigenvalue weighted by molar-refractivity contribution is -0.0658. The highest BCUT2D eigenvalue weighted by molar-refractivity contribution is 7.80. The summed E-state index contributed by atoms with van der Waals surface area (Å²) in [4.78, 5) is 2.11. The largest absolute Gasteiger partial charge is 0.468 e. The molecule has 5 heteroatoms. The molecule has 19 heavy (non-hydrogen) atoms. The van der Waals surface area contributed by atoms with Gasteiger partial charge in [-0.25, -0.2) is 0 Å². The van der Waals surface area contributed by atoms with Crippen LogP contribution in [0.3, 0.4) is 0 Å². The Morgan fingerprint density at radius 3 is 3.05 bits per heavy atom. The molecule has 1 aromatic rings. The van der Waals surface area contributed by atoms with Gasteiger partial charge in [0, 0.05) is 24.4 Å². The minimum Gasteiger partial charge on any atom is -0.468 e. The summed E-state index contributed by atoms with van der Waals surface area (Å²) in [6, 6.07) is 6.36. The smallest absolute Gasteiger partial charge is 0.184 e. The van der Waals surface area contributed by atoms with E-state index in [0.717, 1.165) is 35.0 Å². The average molecular weight is 297 g/mol. The van der Waals surface area contributed by atoms with Gasteiger partial charge in [-0.05, 0) is 43.8 Å². The van der Waals surface area contributed by atoms with Crippen LogP contribution >= 0.6 is 23.8 Å². The predicted molar refractivity (Wildman–Crippen MR) is 80.5 cm³/mol. The number of benzene rings is 1. The molecule has 0 radical (unpaired) electrons. The second-order valence-corrected chi connectivity index (χ2v) is 5.89. The quantitative estimate of drug-likeness (QED) is 0.669. The molecule has 1 aromatic carbocycles. The Morgan fingerprint density at radius 2 is 2.37 bits per heavy atom. The van der Waals surface area contributed by atoms with Gasteiger partial charge in [0.25, 0.3) is 0 Å². The van der Waals surface area contributed by atoms with E-state index < -0.39 is 0 Å². The summed E-state index contributed by atoms with van der Waals surface area (Å²) >= 11 is 11.4. The van der Waals surface area contributed by atoms with E-state index in [0.29, 0.717) is 5.88 Å². The van der Waals surface area contributed by atoms with Crippen molar-refractivity contribution >= 4 is 28.9 Å². The van der Waals surface area contributed by atoms with Gasteiger partial charge in [0.05, 0.1) is 6.04 Å². The maximum absolute atomic E-state index is 6.22. The number of alkyl halides is 1. The summed E-state index contributed by atoms with van der Waals surface area (Å²) in [5.41, 5.74) is 1.92. The van der Waals surface area contributed by atoms with Gasteiger partial charge in [0.15, 0.2) is 10.8 Å². The molecule has 0 spiro atoms. The SMILES string of the molecule is CCN1C(=S)NC2CC1(C)Oc1ccc(CCl)cc12. The van der Waals surface area contributed by atoms with Crippen LogP contribution in [-0.4, -0.2) is 22.3 Å². The molecule has 2 aliphatic heterocycles. The third-order valence-corrected chi connectivity index (χ3v) is 4.59. The number of ether oxygens (including phenoxy) is 1. The molecule has 1 N–H and O–H groups in total. The molecule has 1 fully saturated rings. The van der Waals surface area contributed by atoms with E-state index in [2.05, 4.69) is 30.1 Å². The van der Waals surface area contributed by atoms with Crippen LogP contribution in [0.4, 0.5) is 0 Å². The van der Waals surface area contributed by atoms with Gasteiger partial charge in [-0.2, -0.15) is 0 Å². The molecule has 2 bridgehead atoms. The van der Waals surface area contributed by atoms with Gasteiger partial charge in [-0.3, -0.25) is 0 Å². The number of nitrogens with zero attached hydrogens (tertiary/aromatic N) is 1. The molecule has 3 rings (SSSR count). The highest BCUT2D eigenvalue weighted by Gasteiger charge is 2.46. The first-order valence-corrected chi connectivity index (χ1v) is 7.47. The van der Waals surface area contributed by atoms with Crippen molar-refractivity contribution in [3.05, 3.63) is 29.3 Å². The molecule has 102 valence electrons. The monoisotopic (exact) mass is 296 g/mol. The van der Waals surface area contributed by atoms with Gasteiger partial charge in [0.1, 0.15) is 5.75 Å². The second-order valence-electron chi connectivity index (χ2n) is 5.23. The molecule has 2 heterocycles. The van der Waals surface area contributed by atoms with Crippen molar-refractivity contribution < 1.29 is 4.74 Å². The zero-order valence-electron chi connectivity index (χ0n) is 11.1. The fourth-order valence-corrected chi connectivity index (χ4v) is 3.66. The number of halogens is 1. The molecular weight excluding hydrogens is 280 g/mol. The van der Waals surface area contributed by atoms with Gasteiger partial charge in [-0.15, -0.1) is 11.6 Å². The molecule has 2 atom stereocenters.